The van der Waals surface area contributed by atoms with Gasteiger partial charge in [-0.05, 0) is 17.4 Å². The van der Waals surface area contributed by atoms with Crippen LogP contribution in [0.1, 0.15) is 20.3 Å². The van der Waals surface area contributed by atoms with Crippen molar-refractivity contribution in [2.45, 2.75) is 37.3 Å². The van der Waals surface area contributed by atoms with Gasteiger partial charge < -0.3 is 9.84 Å². The smallest absolute Gasteiger partial charge is 0.101 e. The molecule has 74 valence electrons. The number of ether oxygens (including phenoxy) is 1. The zero-order chi connectivity index (χ0) is 9.64. The molecule has 1 saturated heterocycles. The third-order valence-corrected chi connectivity index (χ3v) is 4.53. The summed E-state index contributed by atoms with van der Waals surface area (Å²) < 4.78 is 5.48. The monoisotopic (exact) mass is 246 g/mol. The Morgan fingerprint density at radius 1 is 1.62 bits per heavy atom. The Hall–Kier alpha value is 0.140. The standard InChI is InChI=1S/C10H15BrO2/c1-10(2)4-6-7(12)5-13-8(6)3-9(10)11/h4,7-9,12H,3,5H2,1-2H3/t7-,8-,9+/m0/s1. The van der Waals surface area contributed by atoms with E-state index >= 15 is 0 Å². The molecule has 1 N–H and O–H groups in total. The molecular weight excluding hydrogens is 232 g/mol. The summed E-state index contributed by atoms with van der Waals surface area (Å²) in [6.45, 7) is 4.83. The highest BCUT2D eigenvalue weighted by Gasteiger charge is 2.40. The summed E-state index contributed by atoms with van der Waals surface area (Å²) in [6.07, 6.45) is 2.91. The van der Waals surface area contributed by atoms with E-state index in [1.807, 2.05) is 0 Å². The lowest BCUT2D eigenvalue weighted by molar-refractivity contribution is 0.0810. The van der Waals surface area contributed by atoms with E-state index in [2.05, 4.69) is 35.9 Å². The van der Waals surface area contributed by atoms with Crippen LogP contribution in [0.3, 0.4) is 0 Å². The molecule has 2 aliphatic rings. The lowest BCUT2D eigenvalue weighted by Crippen LogP contribution is -2.33. The summed E-state index contributed by atoms with van der Waals surface area (Å²) in [6, 6.07) is 0. The van der Waals surface area contributed by atoms with E-state index in [0.717, 1.165) is 12.0 Å². The van der Waals surface area contributed by atoms with Gasteiger partial charge in [-0.25, -0.2) is 0 Å². The molecule has 2 rings (SSSR count). The molecule has 3 heteroatoms. The van der Waals surface area contributed by atoms with Gasteiger partial charge in [-0.2, -0.15) is 0 Å². The van der Waals surface area contributed by atoms with Gasteiger partial charge in [0.2, 0.25) is 0 Å². The van der Waals surface area contributed by atoms with Crippen LogP contribution < -0.4 is 0 Å². The Morgan fingerprint density at radius 3 is 3.00 bits per heavy atom. The van der Waals surface area contributed by atoms with E-state index in [4.69, 9.17) is 4.74 Å². The summed E-state index contributed by atoms with van der Waals surface area (Å²) >= 11 is 3.66. The van der Waals surface area contributed by atoms with Crippen molar-refractivity contribution < 1.29 is 9.84 Å². The van der Waals surface area contributed by atoms with Crippen molar-refractivity contribution in [1.29, 1.82) is 0 Å². The van der Waals surface area contributed by atoms with E-state index in [9.17, 15) is 5.11 Å². The maximum absolute atomic E-state index is 9.63. The Labute approximate surface area is 87.1 Å². The molecule has 0 aromatic rings. The summed E-state index contributed by atoms with van der Waals surface area (Å²) in [5.74, 6) is 0. The third kappa shape index (κ3) is 1.58. The number of hydrogen-bond donors (Lipinski definition) is 1. The highest BCUT2D eigenvalue weighted by atomic mass is 79.9. The molecule has 0 unspecified atom stereocenters. The fourth-order valence-corrected chi connectivity index (χ4v) is 2.49. The fourth-order valence-electron chi connectivity index (χ4n) is 2.02. The van der Waals surface area contributed by atoms with Gasteiger partial charge in [0.1, 0.15) is 6.10 Å². The van der Waals surface area contributed by atoms with Gasteiger partial charge in [0, 0.05) is 4.83 Å². The molecular formula is C10H15BrO2. The summed E-state index contributed by atoms with van der Waals surface area (Å²) in [5, 5.41) is 9.63. The van der Waals surface area contributed by atoms with Crippen molar-refractivity contribution in [1.82, 2.24) is 0 Å². The van der Waals surface area contributed by atoms with E-state index in [0.29, 0.717) is 11.4 Å². The summed E-state index contributed by atoms with van der Waals surface area (Å²) in [7, 11) is 0. The average Bonchev–Trinajstić information content (AvgIpc) is 2.34. The van der Waals surface area contributed by atoms with Crippen LogP contribution in [0.2, 0.25) is 0 Å². The highest BCUT2D eigenvalue weighted by molar-refractivity contribution is 9.09. The van der Waals surface area contributed by atoms with Crippen molar-refractivity contribution in [3.05, 3.63) is 11.6 Å². The Morgan fingerprint density at radius 2 is 2.31 bits per heavy atom. The predicted octanol–water partition coefficient (Wildman–Crippen LogP) is 1.87. The maximum Gasteiger partial charge on any atom is 0.101 e. The van der Waals surface area contributed by atoms with Gasteiger partial charge >= 0.3 is 0 Å². The first kappa shape index (κ1) is 9.69. The molecule has 0 aromatic heterocycles. The first-order valence-electron chi connectivity index (χ1n) is 4.67. The Kier molecular flexibility index (Phi) is 2.29. The van der Waals surface area contributed by atoms with Crippen LogP contribution in [0, 0.1) is 5.41 Å². The largest absolute Gasteiger partial charge is 0.386 e. The fraction of sp³-hybridized carbons (Fsp3) is 0.800. The van der Waals surface area contributed by atoms with Crippen molar-refractivity contribution >= 4 is 15.9 Å². The zero-order valence-electron chi connectivity index (χ0n) is 7.96. The minimum atomic E-state index is -0.371. The molecule has 0 bridgehead atoms. The van der Waals surface area contributed by atoms with Gasteiger partial charge in [0.25, 0.3) is 0 Å². The van der Waals surface area contributed by atoms with Crippen LogP contribution >= 0.6 is 15.9 Å². The zero-order valence-corrected chi connectivity index (χ0v) is 9.54. The SMILES string of the molecule is CC1(C)C=C2[C@H](C[C@H]1Br)OC[C@@H]2O. The number of hydrogen-bond acceptors (Lipinski definition) is 2. The number of allylic oxidation sites excluding steroid dienone is 1. The van der Waals surface area contributed by atoms with Crippen molar-refractivity contribution in [3.8, 4) is 0 Å². The second-order valence-electron chi connectivity index (χ2n) is 4.51. The summed E-state index contributed by atoms with van der Waals surface area (Å²) in [4.78, 5) is 0.444. The normalized spacial score (nSPS) is 42.8. The van der Waals surface area contributed by atoms with Crippen molar-refractivity contribution in [2.75, 3.05) is 6.61 Å². The Bertz CT molecular complexity index is 247. The average molecular weight is 247 g/mol. The molecule has 13 heavy (non-hydrogen) atoms. The number of rotatable bonds is 0. The highest BCUT2D eigenvalue weighted by Crippen LogP contribution is 2.42. The molecule has 1 aliphatic heterocycles. The van der Waals surface area contributed by atoms with Crippen LogP contribution in [-0.4, -0.2) is 28.7 Å². The molecule has 0 saturated carbocycles. The topological polar surface area (TPSA) is 29.5 Å². The molecule has 3 atom stereocenters. The van der Waals surface area contributed by atoms with Gasteiger partial charge in [-0.3, -0.25) is 0 Å². The number of fused-ring (bicyclic) bond motifs is 1. The van der Waals surface area contributed by atoms with Crippen LogP contribution in [-0.2, 0) is 4.74 Å². The van der Waals surface area contributed by atoms with Crippen molar-refractivity contribution in [2.24, 2.45) is 5.41 Å². The number of aliphatic hydroxyl groups is 1. The lowest BCUT2D eigenvalue weighted by Gasteiger charge is -2.35. The maximum atomic E-state index is 9.63. The molecule has 1 fully saturated rings. The molecule has 1 heterocycles. The van der Waals surface area contributed by atoms with E-state index in [1.165, 1.54) is 0 Å². The van der Waals surface area contributed by atoms with Gasteiger partial charge in [0.05, 0.1) is 12.7 Å². The predicted molar refractivity (Wildman–Crippen MR) is 54.9 cm³/mol. The van der Waals surface area contributed by atoms with E-state index in [1.54, 1.807) is 0 Å². The Balaban J connectivity index is 2.31. The third-order valence-electron chi connectivity index (χ3n) is 2.98. The lowest BCUT2D eigenvalue weighted by atomic mass is 9.78. The quantitative estimate of drug-likeness (QED) is 0.523. The minimum Gasteiger partial charge on any atom is -0.386 e. The molecule has 0 radical (unpaired) electrons. The first-order chi connectivity index (χ1) is 6.00. The van der Waals surface area contributed by atoms with Crippen LogP contribution in [0.15, 0.2) is 11.6 Å². The number of aliphatic hydroxyl groups excluding tert-OH is 1. The van der Waals surface area contributed by atoms with E-state index in [-0.39, 0.29) is 17.6 Å². The molecule has 0 amide bonds. The second kappa shape index (κ2) is 3.07. The van der Waals surface area contributed by atoms with E-state index < -0.39 is 0 Å². The molecule has 0 aromatic carbocycles. The number of alkyl halides is 1. The van der Waals surface area contributed by atoms with Crippen molar-refractivity contribution in [3.63, 3.8) is 0 Å². The summed E-state index contributed by atoms with van der Waals surface area (Å²) in [5.41, 5.74) is 1.21. The van der Waals surface area contributed by atoms with Crippen LogP contribution in [0.4, 0.5) is 0 Å². The van der Waals surface area contributed by atoms with Gasteiger partial charge in [-0.1, -0.05) is 35.9 Å². The van der Waals surface area contributed by atoms with Gasteiger partial charge in [0.15, 0.2) is 0 Å². The first-order valence-corrected chi connectivity index (χ1v) is 5.58. The van der Waals surface area contributed by atoms with Crippen LogP contribution in [0.5, 0.6) is 0 Å². The van der Waals surface area contributed by atoms with Gasteiger partial charge in [-0.15, -0.1) is 0 Å². The van der Waals surface area contributed by atoms with Crippen LogP contribution in [0.25, 0.3) is 0 Å². The minimum absolute atomic E-state index is 0.126. The number of halogens is 1. The second-order valence-corrected chi connectivity index (χ2v) is 5.61. The molecule has 1 aliphatic carbocycles. The molecule has 0 spiro atoms. The molecule has 2 nitrogen and oxygen atoms in total.